The Labute approximate surface area is 134 Å². The summed E-state index contributed by atoms with van der Waals surface area (Å²) in [6.45, 7) is 1.57. The van der Waals surface area contributed by atoms with Crippen molar-refractivity contribution in [2.24, 2.45) is 0 Å². The van der Waals surface area contributed by atoms with Crippen molar-refractivity contribution >= 4 is 17.6 Å². The molecule has 2 N–H and O–H groups in total. The van der Waals surface area contributed by atoms with Crippen LogP contribution in [-0.4, -0.2) is 46.3 Å². The topological polar surface area (TPSA) is 79.3 Å². The molecule has 0 saturated carbocycles. The van der Waals surface area contributed by atoms with Crippen molar-refractivity contribution in [2.75, 3.05) is 25.0 Å². The summed E-state index contributed by atoms with van der Waals surface area (Å²) in [5.74, 6) is -0.0435. The molecule has 1 aliphatic heterocycles. The van der Waals surface area contributed by atoms with Crippen LogP contribution in [0.3, 0.4) is 0 Å². The molecule has 3 amide bonds. The van der Waals surface area contributed by atoms with Gasteiger partial charge in [-0.3, -0.25) is 4.79 Å². The molecule has 0 unspecified atom stereocenters. The summed E-state index contributed by atoms with van der Waals surface area (Å²) in [7, 11) is 0. The van der Waals surface area contributed by atoms with E-state index in [2.05, 4.69) is 15.7 Å². The Morgan fingerprint density at radius 1 is 1.13 bits per heavy atom. The Hall–Kier alpha value is -2.83. The summed E-state index contributed by atoms with van der Waals surface area (Å²) in [4.78, 5) is 25.7. The summed E-state index contributed by atoms with van der Waals surface area (Å²) in [5, 5.41) is 9.54. The van der Waals surface area contributed by atoms with Gasteiger partial charge in [0.15, 0.2) is 0 Å². The molecule has 0 spiro atoms. The molecule has 0 bridgehead atoms. The maximum absolute atomic E-state index is 12.0. The highest BCUT2D eigenvalue weighted by molar-refractivity contribution is 5.93. The maximum Gasteiger partial charge on any atom is 0.319 e. The molecule has 23 heavy (non-hydrogen) atoms. The second kappa shape index (κ2) is 6.95. The van der Waals surface area contributed by atoms with Crippen LogP contribution in [0.1, 0.15) is 12.8 Å². The lowest BCUT2D eigenvalue weighted by Gasteiger charge is -2.16. The van der Waals surface area contributed by atoms with Gasteiger partial charge in [0.1, 0.15) is 0 Å². The van der Waals surface area contributed by atoms with E-state index in [0.717, 1.165) is 31.6 Å². The first-order chi connectivity index (χ1) is 11.2. The van der Waals surface area contributed by atoms with Crippen molar-refractivity contribution < 1.29 is 9.59 Å². The maximum atomic E-state index is 12.0. The van der Waals surface area contributed by atoms with E-state index in [4.69, 9.17) is 0 Å². The standard InChI is InChI=1S/C16H19N5O2/c22-15(20-9-3-4-10-20)12-17-16(23)19-13-6-1-2-7-14(13)21-11-5-8-18-21/h1-2,5-8,11H,3-4,9-10,12H2,(H2,17,19,23). The number of amides is 3. The van der Waals surface area contributed by atoms with Gasteiger partial charge in [0, 0.05) is 25.5 Å². The Balaban J connectivity index is 1.59. The minimum atomic E-state index is -0.405. The molecule has 1 aliphatic rings. The Morgan fingerprint density at radius 2 is 1.91 bits per heavy atom. The third-order valence-electron chi connectivity index (χ3n) is 3.76. The fourth-order valence-electron chi connectivity index (χ4n) is 2.59. The van der Waals surface area contributed by atoms with Gasteiger partial charge in [-0.05, 0) is 31.0 Å². The van der Waals surface area contributed by atoms with Crippen molar-refractivity contribution in [3.05, 3.63) is 42.7 Å². The monoisotopic (exact) mass is 313 g/mol. The summed E-state index contributed by atoms with van der Waals surface area (Å²) in [5.41, 5.74) is 1.39. The van der Waals surface area contributed by atoms with Gasteiger partial charge in [0.2, 0.25) is 5.91 Å². The summed E-state index contributed by atoms with van der Waals surface area (Å²) < 4.78 is 1.67. The molecule has 7 heteroatoms. The molecular formula is C16H19N5O2. The van der Waals surface area contributed by atoms with E-state index in [1.165, 1.54) is 0 Å². The Kier molecular flexibility index (Phi) is 4.56. The van der Waals surface area contributed by atoms with Crippen molar-refractivity contribution in [1.82, 2.24) is 20.0 Å². The smallest absolute Gasteiger partial charge is 0.319 e. The predicted molar refractivity (Wildman–Crippen MR) is 86.4 cm³/mol. The molecular weight excluding hydrogens is 294 g/mol. The van der Waals surface area contributed by atoms with Gasteiger partial charge in [-0.1, -0.05) is 12.1 Å². The second-order valence-corrected chi connectivity index (χ2v) is 5.36. The number of carbonyl (C=O) groups excluding carboxylic acids is 2. The van der Waals surface area contributed by atoms with Crippen LogP contribution >= 0.6 is 0 Å². The SMILES string of the molecule is O=C(NCC(=O)N1CCCC1)Nc1ccccc1-n1cccn1. The van der Waals surface area contributed by atoms with Gasteiger partial charge < -0.3 is 15.5 Å². The number of hydrogen-bond donors (Lipinski definition) is 2. The van der Waals surface area contributed by atoms with Gasteiger partial charge in [0.25, 0.3) is 0 Å². The molecule has 1 aromatic heterocycles. The van der Waals surface area contributed by atoms with Gasteiger partial charge in [0.05, 0.1) is 17.9 Å². The van der Waals surface area contributed by atoms with Crippen LogP contribution in [0.4, 0.5) is 10.5 Å². The first-order valence-corrected chi connectivity index (χ1v) is 7.66. The molecule has 7 nitrogen and oxygen atoms in total. The van der Waals surface area contributed by atoms with Crippen LogP contribution in [-0.2, 0) is 4.79 Å². The fraction of sp³-hybridized carbons (Fsp3) is 0.312. The lowest BCUT2D eigenvalue weighted by atomic mass is 10.2. The van der Waals surface area contributed by atoms with Crippen molar-refractivity contribution in [3.8, 4) is 5.69 Å². The zero-order chi connectivity index (χ0) is 16.1. The van der Waals surface area contributed by atoms with Crippen LogP contribution < -0.4 is 10.6 Å². The summed E-state index contributed by atoms with van der Waals surface area (Å²) in [6.07, 6.45) is 5.55. The second-order valence-electron chi connectivity index (χ2n) is 5.36. The average molecular weight is 313 g/mol. The Morgan fingerprint density at radius 3 is 2.65 bits per heavy atom. The molecule has 1 saturated heterocycles. The number of hydrogen-bond acceptors (Lipinski definition) is 3. The normalized spacial score (nSPS) is 13.8. The predicted octanol–water partition coefficient (Wildman–Crippen LogP) is 1.62. The summed E-state index contributed by atoms with van der Waals surface area (Å²) >= 11 is 0. The minimum Gasteiger partial charge on any atom is -0.341 e. The van der Waals surface area contributed by atoms with Crippen LogP contribution in [0, 0.1) is 0 Å². The largest absolute Gasteiger partial charge is 0.341 e. The van der Waals surface area contributed by atoms with Gasteiger partial charge >= 0.3 is 6.03 Å². The van der Waals surface area contributed by atoms with E-state index in [9.17, 15) is 9.59 Å². The number of nitrogens with zero attached hydrogens (tertiary/aromatic N) is 3. The van der Waals surface area contributed by atoms with E-state index in [-0.39, 0.29) is 12.5 Å². The van der Waals surface area contributed by atoms with E-state index in [1.807, 2.05) is 24.3 Å². The zero-order valence-electron chi connectivity index (χ0n) is 12.7. The van der Waals surface area contributed by atoms with Gasteiger partial charge in [-0.25, -0.2) is 9.48 Å². The van der Waals surface area contributed by atoms with E-state index in [0.29, 0.717) is 5.69 Å². The Bertz CT molecular complexity index is 678. The highest BCUT2D eigenvalue weighted by Crippen LogP contribution is 2.18. The van der Waals surface area contributed by atoms with Crippen LogP contribution in [0.5, 0.6) is 0 Å². The number of rotatable bonds is 4. The highest BCUT2D eigenvalue weighted by atomic mass is 16.2. The number of anilines is 1. The highest BCUT2D eigenvalue weighted by Gasteiger charge is 2.18. The molecule has 1 aromatic carbocycles. The molecule has 0 atom stereocenters. The number of likely N-dealkylation sites (tertiary alicyclic amines) is 1. The number of carbonyl (C=O) groups is 2. The lowest BCUT2D eigenvalue weighted by Crippen LogP contribution is -2.40. The van der Waals surface area contributed by atoms with E-state index >= 15 is 0 Å². The van der Waals surface area contributed by atoms with E-state index < -0.39 is 6.03 Å². The third kappa shape index (κ3) is 3.68. The average Bonchev–Trinajstić information content (AvgIpc) is 3.26. The number of para-hydroxylation sites is 2. The molecule has 2 aromatic rings. The van der Waals surface area contributed by atoms with Crippen LogP contribution in [0.2, 0.25) is 0 Å². The minimum absolute atomic E-state index is 0.00969. The molecule has 120 valence electrons. The summed E-state index contributed by atoms with van der Waals surface area (Å²) in [6, 6.07) is 8.76. The van der Waals surface area contributed by atoms with Gasteiger partial charge in [-0.2, -0.15) is 5.10 Å². The van der Waals surface area contributed by atoms with Crippen LogP contribution in [0.15, 0.2) is 42.7 Å². The van der Waals surface area contributed by atoms with Crippen molar-refractivity contribution in [3.63, 3.8) is 0 Å². The zero-order valence-corrected chi connectivity index (χ0v) is 12.7. The number of benzene rings is 1. The quantitative estimate of drug-likeness (QED) is 0.900. The first-order valence-electron chi connectivity index (χ1n) is 7.66. The van der Waals surface area contributed by atoms with Crippen molar-refractivity contribution in [2.45, 2.75) is 12.8 Å². The molecule has 0 radical (unpaired) electrons. The number of aromatic nitrogens is 2. The van der Waals surface area contributed by atoms with Crippen molar-refractivity contribution in [1.29, 1.82) is 0 Å². The van der Waals surface area contributed by atoms with Crippen LogP contribution in [0.25, 0.3) is 5.69 Å². The number of urea groups is 1. The molecule has 1 fully saturated rings. The molecule has 2 heterocycles. The first kappa shape index (κ1) is 15.1. The lowest BCUT2D eigenvalue weighted by molar-refractivity contribution is -0.128. The third-order valence-corrected chi connectivity index (χ3v) is 3.76. The molecule has 3 rings (SSSR count). The van der Waals surface area contributed by atoms with E-state index in [1.54, 1.807) is 28.0 Å². The number of nitrogens with one attached hydrogen (secondary N) is 2. The fourth-order valence-corrected chi connectivity index (χ4v) is 2.59. The van der Waals surface area contributed by atoms with Gasteiger partial charge in [-0.15, -0.1) is 0 Å². The molecule has 0 aliphatic carbocycles.